The third-order valence-corrected chi connectivity index (χ3v) is 5.28. The highest BCUT2D eigenvalue weighted by Gasteiger charge is 2.18. The zero-order valence-electron chi connectivity index (χ0n) is 15.0. The van der Waals surface area contributed by atoms with E-state index in [1.807, 2.05) is 41.8 Å². The maximum atomic E-state index is 6.52. The van der Waals surface area contributed by atoms with Crippen LogP contribution in [0.2, 0.25) is 10.0 Å². The molecule has 2 heterocycles. The first-order valence-corrected chi connectivity index (χ1v) is 9.35. The molecule has 0 amide bonds. The molecule has 0 saturated carbocycles. The summed E-state index contributed by atoms with van der Waals surface area (Å²) in [5.74, 6) is 0.615. The van der Waals surface area contributed by atoms with Crippen LogP contribution in [0, 0.1) is 13.8 Å². The molecule has 27 heavy (non-hydrogen) atoms. The minimum absolute atomic E-state index is 0.348. The van der Waals surface area contributed by atoms with E-state index in [2.05, 4.69) is 24.0 Å². The fourth-order valence-electron chi connectivity index (χ4n) is 3.36. The topological polar surface area (TPSA) is 56.2 Å². The Morgan fingerprint density at radius 2 is 1.78 bits per heavy atom. The number of aryl methyl sites for hydroxylation is 2. The van der Waals surface area contributed by atoms with Gasteiger partial charge in [-0.05, 0) is 37.6 Å². The smallest absolute Gasteiger partial charge is 0.235 e. The second-order valence-corrected chi connectivity index (χ2v) is 7.31. The van der Waals surface area contributed by atoms with Crippen LogP contribution >= 0.6 is 23.2 Å². The number of rotatable bonds is 3. The fourth-order valence-corrected chi connectivity index (χ4v) is 3.85. The molecule has 4 aromatic rings. The molecule has 0 atom stereocenters. The third-order valence-electron chi connectivity index (χ3n) is 4.73. The highest BCUT2D eigenvalue weighted by Crippen LogP contribution is 2.35. The summed E-state index contributed by atoms with van der Waals surface area (Å²) in [6.07, 6.45) is 1.99. The average molecular weight is 397 g/mol. The quantitative estimate of drug-likeness (QED) is 0.501. The molecule has 4 nitrogen and oxygen atoms in total. The molecule has 4 rings (SSSR count). The van der Waals surface area contributed by atoms with E-state index in [1.165, 1.54) is 0 Å². The number of nitrogens with two attached hydrogens (primary N) is 1. The Hall–Kier alpha value is -2.40. The van der Waals surface area contributed by atoms with Crippen LogP contribution in [0.4, 0.5) is 0 Å². The number of imidazole rings is 1. The lowest BCUT2D eigenvalue weighted by Crippen LogP contribution is -2.08. The fraction of sp³-hybridized carbons (Fsp3) is 0.143. The summed E-state index contributed by atoms with van der Waals surface area (Å²) in [4.78, 5) is 9.41. The second kappa shape index (κ2) is 6.97. The second-order valence-electron chi connectivity index (χ2n) is 6.46. The van der Waals surface area contributed by atoms with E-state index in [9.17, 15) is 0 Å². The summed E-state index contributed by atoms with van der Waals surface area (Å²) < 4.78 is 1.96. The van der Waals surface area contributed by atoms with Crippen LogP contribution in [0.5, 0.6) is 0 Å². The lowest BCUT2D eigenvalue weighted by atomic mass is 10.0. The predicted octanol–water partition coefficient (Wildman–Crippen LogP) is 5.45. The Labute approximate surface area is 167 Å². The SMILES string of the molecule is Cc1ccccc1-c1cn2c(-c3ccc(Cl)cc3Cl)c(CN)c(C)nc2n1. The summed E-state index contributed by atoms with van der Waals surface area (Å²) in [5, 5.41) is 1.15. The van der Waals surface area contributed by atoms with Crippen molar-refractivity contribution in [3.05, 3.63) is 75.5 Å². The lowest BCUT2D eigenvalue weighted by molar-refractivity contribution is 0.963. The Morgan fingerprint density at radius 1 is 1.00 bits per heavy atom. The van der Waals surface area contributed by atoms with Crippen LogP contribution in [-0.4, -0.2) is 14.4 Å². The molecule has 0 unspecified atom stereocenters. The highest BCUT2D eigenvalue weighted by atomic mass is 35.5. The molecule has 2 aromatic carbocycles. The summed E-state index contributed by atoms with van der Waals surface area (Å²) in [5.41, 5.74) is 12.7. The minimum atomic E-state index is 0.348. The summed E-state index contributed by atoms with van der Waals surface area (Å²) in [6.45, 7) is 4.36. The number of hydrogen-bond donors (Lipinski definition) is 1. The zero-order valence-corrected chi connectivity index (χ0v) is 16.5. The molecule has 0 bridgehead atoms. The molecule has 6 heteroatoms. The largest absolute Gasteiger partial charge is 0.326 e. The van der Waals surface area contributed by atoms with E-state index < -0.39 is 0 Å². The van der Waals surface area contributed by atoms with E-state index >= 15 is 0 Å². The first-order valence-electron chi connectivity index (χ1n) is 8.59. The minimum Gasteiger partial charge on any atom is -0.326 e. The van der Waals surface area contributed by atoms with Crippen molar-refractivity contribution in [3.63, 3.8) is 0 Å². The number of benzene rings is 2. The van der Waals surface area contributed by atoms with E-state index in [0.717, 1.165) is 39.3 Å². The van der Waals surface area contributed by atoms with Gasteiger partial charge in [0.05, 0.1) is 16.4 Å². The molecule has 136 valence electrons. The Morgan fingerprint density at radius 3 is 2.48 bits per heavy atom. The van der Waals surface area contributed by atoms with Crippen molar-refractivity contribution in [3.8, 4) is 22.5 Å². The normalized spacial score (nSPS) is 11.3. The highest BCUT2D eigenvalue weighted by molar-refractivity contribution is 6.36. The van der Waals surface area contributed by atoms with Gasteiger partial charge in [-0.2, -0.15) is 0 Å². The first kappa shape index (κ1) is 18.0. The number of aromatic nitrogens is 3. The van der Waals surface area contributed by atoms with Crippen molar-refractivity contribution >= 4 is 29.0 Å². The molecule has 2 aromatic heterocycles. The Kier molecular flexibility index (Phi) is 4.64. The van der Waals surface area contributed by atoms with Crippen molar-refractivity contribution in [2.24, 2.45) is 5.73 Å². The van der Waals surface area contributed by atoms with Crippen LogP contribution in [0.1, 0.15) is 16.8 Å². The van der Waals surface area contributed by atoms with Crippen LogP contribution < -0.4 is 5.73 Å². The van der Waals surface area contributed by atoms with Crippen LogP contribution in [0.3, 0.4) is 0 Å². The zero-order chi connectivity index (χ0) is 19.1. The van der Waals surface area contributed by atoms with Gasteiger partial charge < -0.3 is 5.73 Å². The van der Waals surface area contributed by atoms with E-state index in [4.69, 9.17) is 33.9 Å². The molecule has 0 radical (unpaired) electrons. The molecule has 0 fully saturated rings. The van der Waals surface area contributed by atoms with Crippen molar-refractivity contribution in [2.45, 2.75) is 20.4 Å². The number of fused-ring (bicyclic) bond motifs is 1. The summed E-state index contributed by atoms with van der Waals surface area (Å²) >= 11 is 12.6. The third kappa shape index (κ3) is 3.10. The number of nitrogens with zero attached hydrogens (tertiary/aromatic N) is 3. The van der Waals surface area contributed by atoms with Crippen LogP contribution in [0.25, 0.3) is 28.3 Å². The molecule has 0 saturated heterocycles. The predicted molar refractivity (Wildman–Crippen MR) is 111 cm³/mol. The van der Waals surface area contributed by atoms with Gasteiger partial charge in [0.15, 0.2) is 0 Å². The molecule has 0 aliphatic rings. The molecule has 0 spiro atoms. The number of halogens is 2. The van der Waals surface area contributed by atoms with Crippen molar-refractivity contribution < 1.29 is 0 Å². The lowest BCUT2D eigenvalue weighted by Gasteiger charge is -2.14. The monoisotopic (exact) mass is 396 g/mol. The van der Waals surface area contributed by atoms with Gasteiger partial charge in [0.25, 0.3) is 0 Å². The molecule has 0 aliphatic carbocycles. The van der Waals surface area contributed by atoms with E-state index in [-0.39, 0.29) is 0 Å². The maximum Gasteiger partial charge on any atom is 0.235 e. The van der Waals surface area contributed by atoms with Crippen LogP contribution in [0.15, 0.2) is 48.7 Å². The molecular formula is C21H18Cl2N4. The van der Waals surface area contributed by atoms with E-state index in [0.29, 0.717) is 22.4 Å². The van der Waals surface area contributed by atoms with Crippen molar-refractivity contribution in [1.82, 2.24) is 14.4 Å². The van der Waals surface area contributed by atoms with Crippen molar-refractivity contribution in [2.75, 3.05) is 0 Å². The van der Waals surface area contributed by atoms with Gasteiger partial charge in [-0.15, -0.1) is 0 Å². The van der Waals surface area contributed by atoms with Gasteiger partial charge in [-0.25, -0.2) is 9.97 Å². The first-order chi connectivity index (χ1) is 13.0. The van der Waals surface area contributed by atoms with Gasteiger partial charge in [0, 0.05) is 40.1 Å². The Balaban J connectivity index is 2.05. The van der Waals surface area contributed by atoms with Gasteiger partial charge in [-0.1, -0.05) is 47.5 Å². The molecular weight excluding hydrogens is 379 g/mol. The van der Waals surface area contributed by atoms with Gasteiger partial charge in [0.2, 0.25) is 5.78 Å². The van der Waals surface area contributed by atoms with Crippen LogP contribution in [-0.2, 0) is 6.54 Å². The standard InChI is InChI=1S/C21H18Cl2N4/c1-12-5-3-4-6-15(12)19-11-27-20(16-8-7-14(22)9-18(16)23)17(10-24)13(2)25-21(27)26-19/h3-9,11H,10,24H2,1-2H3. The molecule has 2 N–H and O–H groups in total. The average Bonchev–Trinajstić information content (AvgIpc) is 3.04. The summed E-state index contributed by atoms with van der Waals surface area (Å²) in [6, 6.07) is 13.6. The Bertz CT molecular complexity index is 1160. The van der Waals surface area contributed by atoms with Gasteiger partial charge in [0.1, 0.15) is 0 Å². The number of hydrogen-bond acceptors (Lipinski definition) is 3. The molecule has 0 aliphatic heterocycles. The maximum absolute atomic E-state index is 6.52. The summed E-state index contributed by atoms with van der Waals surface area (Å²) in [7, 11) is 0. The van der Waals surface area contributed by atoms with Gasteiger partial charge >= 0.3 is 0 Å². The van der Waals surface area contributed by atoms with E-state index in [1.54, 1.807) is 6.07 Å². The van der Waals surface area contributed by atoms with Gasteiger partial charge in [-0.3, -0.25) is 4.40 Å². The van der Waals surface area contributed by atoms with Crippen molar-refractivity contribution in [1.29, 1.82) is 0 Å².